The molecule has 2 fully saturated rings. The highest BCUT2D eigenvalue weighted by molar-refractivity contribution is 5.68. The summed E-state index contributed by atoms with van der Waals surface area (Å²) in [6, 6.07) is 0.278. The molecule has 1 spiro atoms. The maximum atomic E-state index is 12.0. The van der Waals surface area contributed by atoms with Crippen LogP contribution >= 0.6 is 0 Å². The minimum atomic E-state index is -0.436. The molecule has 17 heavy (non-hydrogen) atoms. The van der Waals surface area contributed by atoms with Crippen molar-refractivity contribution < 1.29 is 14.3 Å². The van der Waals surface area contributed by atoms with Gasteiger partial charge in [-0.3, -0.25) is 0 Å². The number of carbonyl (C=O) groups is 1. The van der Waals surface area contributed by atoms with E-state index < -0.39 is 5.60 Å². The molecular weight excluding hydrogens is 220 g/mol. The van der Waals surface area contributed by atoms with Crippen LogP contribution in [0.4, 0.5) is 4.79 Å². The van der Waals surface area contributed by atoms with Crippen molar-refractivity contribution >= 4 is 6.09 Å². The third-order valence-electron chi connectivity index (χ3n) is 2.95. The summed E-state index contributed by atoms with van der Waals surface area (Å²) >= 11 is 0. The van der Waals surface area contributed by atoms with Crippen molar-refractivity contribution in [3.05, 3.63) is 0 Å². The van der Waals surface area contributed by atoms with Crippen LogP contribution in [0.2, 0.25) is 0 Å². The van der Waals surface area contributed by atoms with E-state index in [9.17, 15) is 4.79 Å². The summed E-state index contributed by atoms with van der Waals surface area (Å²) in [5.41, 5.74) is -0.483. The van der Waals surface area contributed by atoms with Gasteiger partial charge in [0.1, 0.15) is 5.60 Å². The lowest BCUT2D eigenvalue weighted by molar-refractivity contribution is -0.108. The van der Waals surface area contributed by atoms with Gasteiger partial charge in [-0.15, -0.1) is 0 Å². The Kier molecular flexibility index (Phi) is 3.08. The van der Waals surface area contributed by atoms with Crippen molar-refractivity contribution in [1.29, 1.82) is 0 Å². The molecular formula is C12H22N2O3. The van der Waals surface area contributed by atoms with Gasteiger partial charge in [0.25, 0.3) is 0 Å². The number of hydrogen-bond donors (Lipinski definition) is 1. The van der Waals surface area contributed by atoms with Gasteiger partial charge in [-0.1, -0.05) is 0 Å². The highest BCUT2D eigenvalue weighted by Crippen LogP contribution is 2.24. The summed E-state index contributed by atoms with van der Waals surface area (Å²) in [6.07, 6.45) is -0.225. The lowest BCUT2D eigenvalue weighted by Crippen LogP contribution is -2.73. The fraction of sp³-hybridized carbons (Fsp3) is 0.917. The molecule has 2 saturated heterocycles. The molecule has 5 heteroatoms. The Bertz CT molecular complexity index is 307. The predicted molar refractivity (Wildman–Crippen MR) is 64.0 cm³/mol. The number of ether oxygens (including phenoxy) is 2. The zero-order valence-electron chi connectivity index (χ0n) is 11.1. The molecule has 0 radical (unpaired) electrons. The molecule has 2 aliphatic heterocycles. The van der Waals surface area contributed by atoms with Crippen LogP contribution in [0.1, 0.15) is 27.7 Å². The van der Waals surface area contributed by atoms with Crippen LogP contribution < -0.4 is 5.32 Å². The number of piperazine rings is 1. The number of amides is 1. The van der Waals surface area contributed by atoms with E-state index in [1.807, 2.05) is 20.8 Å². The van der Waals surface area contributed by atoms with Gasteiger partial charge < -0.3 is 19.7 Å². The molecule has 5 nitrogen and oxygen atoms in total. The van der Waals surface area contributed by atoms with Gasteiger partial charge in [-0.25, -0.2) is 4.79 Å². The van der Waals surface area contributed by atoms with E-state index in [0.29, 0.717) is 26.3 Å². The molecule has 0 aliphatic carbocycles. The minimum Gasteiger partial charge on any atom is -0.444 e. The average Bonchev–Trinajstić information content (AvgIpc) is 2.11. The fourth-order valence-corrected chi connectivity index (χ4v) is 2.36. The Morgan fingerprint density at radius 2 is 2.12 bits per heavy atom. The van der Waals surface area contributed by atoms with Gasteiger partial charge >= 0.3 is 6.09 Å². The Morgan fingerprint density at radius 1 is 1.47 bits per heavy atom. The van der Waals surface area contributed by atoms with E-state index in [1.54, 1.807) is 4.90 Å². The maximum Gasteiger partial charge on any atom is 0.410 e. The molecule has 0 aromatic rings. The summed E-state index contributed by atoms with van der Waals surface area (Å²) in [7, 11) is 0. The Balaban J connectivity index is 1.98. The molecule has 0 saturated carbocycles. The Hall–Kier alpha value is -0.810. The third-order valence-corrected chi connectivity index (χ3v) is 2.95. The van der Waals surface area contributed by atoms with Crippen LogP contribution in [0.5, 0.6) is 0 Å². The quantitative estimate of drug-likeness (QED) is 0.688. The highest BCUT2D eigenvalue weighted by atomic mass is 16.6. The average molecular weight is 242 g/mol. The van der Waals surface area contributed by atoms with E-state index in [-0.39, 0.29) is 17.7 Å². The third kappa shape index (κ3) is 2.90. The summed E-state index contributed by atoms with van der Waals surface area (Å²) < 4.78 is 10.7. The van der Waals surface area contributed by atoms with E-state index in [4.69, 9.17) is 9.47 Å². The molecule has 2 rings (SSSR count). The van der Waals surface area contributed by atoms with Crippen molar-refractivity contribution in [3.63, 3.8) is 0 Å². The van der Waals surface area contributed by atoms with Crippen LogP contribution in [0, 0.1) is 0 Å². The monoisotopic (exact) mass is 242 g/mol. The van der Waals surface area contributed by atoms with Crippen LogP contribution in [0.15, 0.2) is 0 Å². The first-order valence-electron chi connectivity index (χ1n) is 6.13. The van der Waals surface area contributed by atoms with E-state index in [2.05, 4.69) is 12.2 Å². The number of hydrogen-bond acceptors (Lipinski definition) is 4. The van der Waals surface area contributed by atoms with Crippen LogP contribution in [-0.4, -0.2) is 54.5 Å². The fourth-order valence-electron chi connectivity index (χ4n) is 2.36. The summed E-state index contributed by atoms with van der Waals surface area (Å²) in [5.74, 6) is 0. The molecule has 0 bridgehead atoms. The second kappa shape index (κ2) is 4.14. The largest absolute Gasteiger partial charge is 0.444 e. The van der Waals surface area contributed by atoms with Crippen LogP contribution in [0.25, 0.3) is 0 Å². The van der Waals surface area contributed by atoms with E-state index in [1.165, 1.54) is 0 Å². The second-order valence-electron chi connectivity index (χ2n) is 6.18. The lowest BCUT2D eigenvalue weighted by Gasteiger charge is -2.50. The normalized spacial score (nSPS) is 27.8. The van der Waals surface area contributed by atoms with Crippen LogP contribution in [-0.2, 0) is 9.47 Å². The first kappa shape index (κ1) is 12.6. The maximum absolute atomic E-state index is 12.0. The van der Waals surface area contributed by atoms with Crippen molar-refractivity contribution in [2.75, 3.05) is 26.3 Å². The minimum absolute atomic E-state index is 0.0471. The Labute approximate surface area is 102 Å². The number of nitrogens with one attached hydrogen (secondary N) is 1. The topological polar surface area (TPSA) is 50.8 Å². The SMILES string of the molecule is C[C@H]1CN(C(=O)OC(C)(C)C)CC2(COC2)N1. The van der Waals surface area contributed by atoms with E-state index >= 15 is 0 Å². The second-order valence-corrected chi connectivity index (χ2v) is 6.18. The summed E-state index contributed by atoms with van der Waals surface area (Å²) in [4.78, 5) is 13.8. The molecule has 1 N–H and O–H groups in total. The van der Waals surface area contributed by atoms with Gasteiger partial charge in [-0.05, 0) is 27.7 Å². The van der Waals surface area contributed by atoms with Gasteiger partial charge in [0.15, 0.2) is 0 Å². The first-order chi connectivity index (χ1) is 7.80. The molecule has 0 aromatic heterocycles. The number of carbonyl (C=O) groups excluding carboxylic acids is 1. The molecule has 0 unspecified atom stereocenters. The molecule has 98 valence electrons. The van der Waals surface area contributed by atoms with Gasteiger partial charge in [0.2, 0.25) is 0 Å². The molecule has 1 amide bonds. The van der Waals surface area contributed by atoms with Crippen molar-refractivity contribution in [2.45, 2.75) is 44.9 Å². The highest BCUT2D eigenvalue weighted by Gasteiger charge is 2.46. The summed E-state index contributed by atoms with van der Waals surface area (Å²) in [6.45, 7) is 10.5. The van der Waals surface area contributed by atoms with Crippen molar-refractivity contribution in [1.82, 2.24) is 10.2 Å². The van der Waals surface area contributed by atoms with Crippen LogP contribution in [0.3, 0.4) is 0 Å². The van der Waals surface area contributed by atoms with Gasteiger partial charge in [0, 0.05) is 19.1 Å². The summed E-state index contributed by atoms with van der Waals surface area (Å²) in [5, 5.41) is 3.50. The number of rotatable bonds is 0. The number of nitrogens with zero attached hydrogens (tertiary/aromatic N) is 1. The predicted octanol–water partition coefficient (Wildman–Crippen LogP) is 0.984. The van der Waals surface area contributed by atoms with Gasteiger partial charge in [0.05, 0.1) is 18.8 Å². The Morgan fingerprint density at radius 3 is 2.59 bits per heavy atom. The lowest BCUT2D eigenvalue weighted by atomic mass is 9.92. The van der Waals surface area contributed by atoms with Crippen molar-refractivity contribution in [3.8, 4) is 0 Å². The standard InChI is InChI=1S/C12H22N2O3/c1-9-5-14(10(15)17-11(2,3)4)6-12(13-9)7-16-8-12/h9,13H,5-8H2,1-4H3/t9-/m0/s1. The first-order valence-corrected chi connectivity index (χ1v) is 6.13. The molecule has 0 aromatic carbocycles. The zero-order chi connectivity index (χ0) is 12.7. The van der Waals surface area contributed by atoms with Gasteiger partial charge in [-0.2, -0.15) is 0 Å². The molecule has 1 atom stereocenters. The zero-order valence-corrected chi connectivity index (χ0v) is 11.1. The van der Waals surface area contributed by atoms with Crippen molar-refractivity contribution in [2.24, 2.45) is 0 Å². The smallest absolute Gasteiger partial charge is 0.410 e. The van der Waals surface area contributed by atoms with E-state index in [0.717, 1.165) is 0 Å². The molecule has 2 aliphatic rings. The molecule has 2 heterocycles.